The van der Waals surface area contributed by atoms with Crippen molar-refractivity contribution in [2.45, 2.75) is 65.1 Å². The van der Waals surface area contributed by atoms with Gasteiger partial charge < -0.3 is 33.7 Å². The van der Waals surface area contributed by atoms with E-state index in [-0.39, 0.29) is 60.4 Å². The molecule has 1 aromatic carbocycles. The molecule has 0 saturated carbocycles. The van der Waals surface area contributed by atoms with Gasteiger partial charge in [-0.15, -0.1) is 0 Å². The number of benzene rings is 1. The highest BCUT2D eigenvalue weighted by Crippen LogP contribution is 2.34. The summed E-state index contributed by atoms with van der Waals surface area (Å²) in [5.41, 5.74) is 0.540. The second-order valence-electron chi connectivity index (χ2n) is 10.1. The van der Waals surface area contributed by atoms with Gasteiger partial charge in [0.15, 0.2) is 24.1 Å². The summed E-state index contributed by atoms with van der Waals surface area (Å²) in [6.07, 6.45) is 4.95. The Morgan fingerprint density at radius 1 is 1.10 bits per heavy atom. The van der Waals surface area contributed by atoms with Crippen LogP contribution in [0.1, 0.15) is 57.0 Å². The lowest BCUT2D eigenvalue weighted by Gasteiger charge is -2.21. The van der Waals surface area contributed by atoms with Crippen LogP contribution in [0.4, 0.5) is 0 Å². The molecular weight excluding hydrogens is 522 g/mol. The van der Waals surface area contributed by atoms with Gasteiger partial charge in [0.25, 0.3) is 0 Å². The summed E-state index contributed by atoms with van der Waals surface area (Å²) in [6, 6.07) is 3.05. The third-order valence-electron chi connectivity index (χ3n) is 6.30. The van der Waals surface area contributed by atoms with Crippen LogP contribution in [0.2, 0.25) is 0 Å². The Balaban J connectivity index is 2.01. The van der Waals surface area contributed by atoms with Crippen molar-refractivity contribution < 1.29 is 47.6 Å². The second-order valence-corrected chi connectivity index (χ2v) is 10.1. The van der Waals surface area contributed by atoms with Crippen LogP contribution < -0.4 is 14.8 Å². The Kier molecular flexibility index (Phi) is 10.6. The lowest BCUT2D eigenvalue weighted by molar-refractivity contribution is -0.152. The number of cyclic esters (lactones) is 1. The Morgan fingerprint density at radius 2 is 1.85 bits per heavy atom. The fourth-order valence-corrected chi connectivity index (χ4v) is 4.13. The van der Waals surface area contributed by atoms with Crippen LogP contribution in [0.25, 0.3) is 6.08 Å². The van der Waals surface area contributed by atoms with Crippen molar-refractivity contribution in [2.24, 2.45) is 5.92 Å². The Morgan fingerprint density at radius 3 is 2.55 bits per heavy atom. The molecule has 40 heavy (non-hydrogen) atoms. The van der Waals surface area contributed by atoms with Crippen molar-refractivity contribution in [1.82, 2.24) is 5.32 Å². The lowest BCUT2D eigenvalue weighted by Crippen LogP contribution is -2.30. The fraction of sp³-hybridized carbons (Fsp3) is 0.517. The molecule has 2 aliphatic heterocycles. The van der Waals surface area contributed by atoms with Gasteiger partial charge in [-0.25, -0.2) is 4.79 Å². The second kappa shape index (κ2) is 13.7. The van der Waals surface area contributed by atoms with E-state index in [1.165, 1.54) is 26.2 Å². The first-order valence-electron chi connectivity index (χ1n) is 13.0. The van der Waals surface area contributed by atoms with E-state index in [2.05, 4.69) is 5.32 Å². The molecule has 0 aliphatic carbocycles. The molecule has 0 aromatic heterocycles. The molecule has 0 radical (unpaired) electrons. The lowest BCUT2D eigenvalue weighted by atomic mass is 9.99. The number of esters is 1. The quantitative estimate of drug-likeness (QED) is 0.374. The third-order valence-corrected chi connectivity index (χ3v) is 6.30. The Bertz CT molecular complexity index is 1170. The SMILES string of the molecule is COCOc1cc(OCC(=O)CNC(C)=O)cc2c1C(=O)O[C@@H](C)[C@H](C)/C=C\C(=O)[C@H]1OC(C)(C)O[C@H]1C/C=C/2. The van der Waals surface area contributed by atoms with Crippen molar-refractivity contribution in [2.75, 3.05) is 27.1 Å². The highest BCUT2D eigenvalue weighted by atomic mass is 16.8. The zero-order chi connectivity index (χ0) is 29.4. The molecule has 2 aliphatic rings. The normalized spacial score (nSPS) is 25.9. The van der Waals surface area contributed by atoms with Crippen molar-refractivity contribution >= 4 is 29.5 Å². The van der Waals surface area contributed by atoms with E-state index in [4.69, 9.17) is 28.4 Å². The molecule has 1 N–H and O–H groups in total. The van der Waals surface area contributed by atoms with E-state index >= 15 is 0 Å². The predicted octanol–water partition coefficient (Wildman–Crippen LogP) is 3.00. The summed E-state index contributed by atoms with van der Waals surface area (Å²) in [5, 5.41) is 2.43. The van der Waals surface area contributed by atoms with E-state index in [0.717, 1.165) is 0 Å². The average Bonchev–Trinajstić information content (AvgIpc) is 3.21. The largest absolute Gasteiger partial charge is 0.486 e. The van der Waals surface area contributed by atoms with E-state index in [1.807, 2.05) is 6.92 Å². The van der Waals surface area contributed by atoms with Gasteiger partial charge in [0, 0.05) is 26.0 Å². The molecule has 218 valence electrons. The van der Waals surface area contributed by atoms with Crippen LogP contribution >= 0.6 is 0 Å². The number of methoxy groups -OCH3 is 1. The van der Waals surface area contributed by atoms with Gasteiger partial charge in [-0.1, -0.05) is 25.2 Å². The number of Topliss-reactive ketones (excluding diaryl/α,β-unsaturated/α-hetero) is 1. The van der Waals surface area contributed by atoms with Crippen LogP contribution in [0.15, 0.2) is 30.4 Å². The number of fused-ring (bicyclic) bond motifs is 2. The minimum Gasteiger partial charge on any atom is -0.486 e. The molecule has 0 bridgehead atoms. The smallest absolute Gasteiger partial charge is 0.342 e. The van der Waals surface area contributed by atoms with Crippen LogP contribution in [0.5, 0.6) is 11.5 Å². The maximum Gasteiger partial charge on any atom is 0.342 e. The Hall–Kier alpha value is -3.54. The molecule has 3 rings (SSSR count). The van der Waals surface area contributed by atoms with Gasteiger partial charge in [-0.05, 0) is 44.9 Å². The van der Waals surface area contributed by atoms with E-state index in [1.54, 1.807) is 45.1 Å². The summed E-state index contributed by atoms with van der Waals surface area (Å²) >= 11 is 0. The van der Waals surface area contributed by atoms with E-state index in [0.29, 0.717) is 12.0 Å². The van der Waals surface area contributed by atoms with Crippen LogP contribution in [0.3, 0.4) is 0 Å². The molecule has 1 amide bonds. The highest BCUT2D eigenvalue weighted by molar-refractivity contribution is 5.97. The summed E-state index contributed by atoms with van der Waals surface area (Å²) in [4.78, 5) is 49.6. The maximum atomic E-state index is 13.4. The molecule has 11 nitrogen and oxygen atoms in total. The molecule has 2 heterocycles. The number of ketones is 2. The van der Waals surface area contributed by atoms with Gasteiger partial charge in [-0.2, -0.15) is 0 Å². The molecule has 1 fully saturated rings. The molecule has 1 aromatic rings. The number of hydrogen-bond acceptors (Lipinski definition) is 10. The Labute approximate surface area is 233 Å². The maximum absolute atomic E-state index is 13.4. The van der Waals surface area contributed by atoms with Gasteiger partial charge in [0.1, 0.15) is 35.9 Å². The summed E-state index contributed by atoms with van der Waals surface area (Å²) in [6.45, 7) is 7.72. The number of rotatable bonds is 8. The van der Waals surface area contributed by atoms with Gasteiger partial charge in [0.2, 0.25) is 5.91 Å². The van der Waals surface area contributed by atoms with Gasteiger partial charge in [0.05, 0.1) is 12.6 Å². The molecule has 0 spiro atoms. The molecule has 0 unspecified atom stereocenters. The van der Waals surface area contributed by atoms with Crippen molar-refractivity contribution in [1.29, 1.82) is 0 Å². The van der Waals surface area contributed by atoms with Crippen LogP contribution in [-0.2, 0) is 33.3 Å². The first kappa shape index (κ1) is 31.0. The zero-order valence-electron chi connectivity index (χ0n) is 23.7. The van der Waals surface area contributed by atoms with E-state index < -0.39 is 30.1 Å². The van der Waals surface area contributed by atoms with Crippen molar-refractivity contribution in [3.8, 4) is 11.5 Å². The minimum atomic E-state index is -0.942. The number of amides is 1. The minimum absolute atomic E-state index is 0.135. The van der Waals surface area contributed by atoms with Crippen LogP contribution in [-0.4, -0.2) is 74.6 Å². The fourth-order valence-electron chi connectivity index (χ4n) is 4.13. The standard InChI is InChI=1S/C29H37NO10/c1-17-10-11-23(33)27-24(39-29(4,5)40-27)9-7-8-20-12-22(36-15-21(32)14-30-19(3)31)13-25(37-16-35-6)26(20)28(34)38-18(17)2/h7-8,10-13,17-18,24,27H,9,14-16H2,1-6H3,(H,30,31)/b8-7+,11-10-/t17-,18+,24+,27-/m1/s1. The number of carbonyl (C=O) groups excluding carboxylic acids is 4. The van der Waals surface area contributed by atoms with Gasteiger partial charge >= 0.3 is 5.97 Å². The number of nitrogens with one attached hydrogen (secondary N) is 1. The summed E-state index contributed by atoms with van der Waals surface area (Å²) in [5.74, 6) is -2.41. The number of ether oxygens (including phenoxy) is 6. The first-order valence-corrected chi connectivity index (χ1v) is 13.0. The van der Waals surface area contributed by atoms with Crippen molar-refractivity contribution in [3.05, 3.63) is 41.5 Å². The molecular formula is C29H37NO10. The van der Waals surface area contributed by atoms with Gasteiger partial charge in [-0.3, -0.25) is 14.4 Å². The zero-order valence-corrected chi connectivity index (χ0v) is 23.7. The molecule has 11 heteroatoms. The average molecular weight is 560 g/mol. The topological polar surface area (TPSA) is 136 Å². The van der Waals surface area contributed by atoms with E-state index in [9.17, 15) is 19.2 Å². The number of carbonyl (C=O) groups is 4. The monoisotopic (exact) mass is 559 g/mol. The highest BCUT2D eigenvalue weighted by Gasteiger charge is 2.43. The predicted molar refractivity (Wildman–Crippen MR) is 144 cm³/mol. The summed E-state index contributed by atoms with van der Waals surface area (Å²) < 4.78 is 34.1. The van der Waals surface area contributed by atoms with Crippen molar-refractivity contribution in [3.63, 3.8) is 0 Å². The summed E-state index contributed by atoms with van der Waals surface area (Å²) in [7, 11) is 1.44. The van der Waals surface area contributed by atoms with Crippen LogP contribution in [0, 0.1) is 5.92 Å². The first-order chi connectivity index (χ1) is 18.9. The molecule has 1 saturated heterocycles. The number of hydrogen-bond donors (Lipinski definition) is 1. The molecule has 4 atom stereocenters. The third kappa shape index (κ3) is 8.48.